The van der Waals surface area contributed by atoms with Gasteiger partial charge in [0.1, 0.15) is 11.6 Å². The largest absolute Gasteiger partial charge is 0.508 e. The third-order valence-electron chi connectivity index (χ3n) is 4.35. The van der Waals surface area contributed by atoms with Crippen LogP contribution in [-0.4, -0.2) is 11.1 Å². The van der Waals surface area contributed by atoms with Gasteiger partial charge in [-0.3, -0.25) is 0 Å². The standard InChI is InChI=1S/C15H22FNO/c1-3-11-4-6-14(10(11)2)17-9-12-8-13(16)5-7-15(12)18/h5,7-8,10-11,14,17-18H,3-4,6,9H2,1-2H3. The van der Waals surface area contributed by atoms with Gasteiger partial charge in [-0.15, -0.1) is 0 Å². The molecule has 1 aromatic rings. The second kappa shape index (κ2) is 5.70. The Hall–Kier alpha value is -1.09. The second-order valence-corrected chi connectivity index (χ2v) is 5.37. The minimum atomic E-state index is -0.296. The maximum absolute atomic E-state index is 13.1. The molecule has 100 valence electrons. The van der Waals surface area contributed by atoms with E-state index < -0.39 is 0 Å². The molecule has 18 heavy (non-hydrogen) atoms. The Labute approximate surface area is 108 Å². The van der Waals surface area contributed by atoms with Crippen LogP contribution in [0.15, 0.2) is 18.2 Å². The van der Waals surface area contributed by atoms with Crippen LogP contribution in [0.25, 0.3) is 0 Å². The molecule has 2 N–H and O–H groups in total. The highest BCUT2D eigenvalue weighted by molar-refractivity contribution is 5.32. The van der Waals surface area contributed by atoms with E-state index >= 15 is 0 Å². The van der Waals surface area contributed by atoms with E-state index in [2.05, 4.69) is 19.2 Å². The molecule has 1 aromatic carbocycles. The first-order chi connectivity index (χ1) is 8.61. The Balaban J connectivity index is 1.94. The van der Waals surface area contributed by atoms with Gasteiger partial charge in [0.05, 0.1) is 0 Å². The van der Waals surface area contributed by atoms with Gasteiger partial charge in [-0.25, -0.2) is 4.39 Å². The number of halogens is 1. The van der Waals surface area contributed by atoms with Crippen molar-refractivity contribution in [3.63, 3.8) is 0 Å². The normalized spacial score (nSPS) is 27.6. The van der Waals surface area contributed by atoms with Crippen LogP contribution in [0.2, 0.25) is 0 Å². The average molecular weight is 251 g/mol. The van der Waals surface area contributed by atoms with Crippen molar-refractivity contribution in [1.82, 2.24) is 5.32 Å². The highest BCUT2D eigenvalue weighted by atomic mass is 19.1. The van der Waals surface area contributed by atoms with Crippen LogP contribution in [-0.2, 0) is 6.54 Å². The van der Waals surface area contributed by atoms with Crippen molar-refractivity contribution in [2.24, 2.45) is 11.8 Å². The molecule has 2 rings (SSSR count). The van der Waals surface area contributed by atoms with E-state index in [1.165, 1.54) is 37.5 Å². The highest BCUT2D eigenvalue weighted by Gasteiger charge is 2.30. The van der Waals surface area contributed by atoms with E-state index in [4.69, 9.17) is 0 Å². The summed E-state index contributed by atoms with van der Waals surface area (Å²) in [7, 11) is 0. The number of phenols is 1. The summed E-state index contributed by atoms with van der Waals surface area (Å²) in [6, 6.07) is 4.58. The van der Waals surface area contributed by atoms with Gasteiger partial charge < -0.3 is 10.4 Å². The lowest BCUT2D eigenvalue weighted by atomic mass is 9.93. The lowest BCUT2D eigenvalue weighted by Crippen LogP contribution is -2.32. The lowest BCUT2D eigenvalue weighted by Gasteiger charge is -2.21. The molecule has 2 nitrogen and oxygen atoms in total. The molecule has 0 heterocycles. The van der Waals surface area contributed by atoms with Crippen LogP contribution >= 0.6 is 0 Å². The predicted molar refractivity (Wildman–Crippen MR) is 70.9 cm³/mol. The SMILES string of the molecule is CCC1CCC(NCc2cc(F)ccc2O)C1C. The molecule has 3 unspecified atom stereocenters. The van der Waals surface area contributed by atoms with Crippen molar-refractivity contribution in [2.45, 2.75) is 45.7 Å². The molecule has 0 spiro atoms. The summed E-state index contributed by atoms with van der Waals surface area (Å²) >= 11 is 0. The smallest absolute Gasteiger partial charge is 0.123 e. The molecule has 1 aliphatic carbocycles. The summed E-state index contributed by atoms with van der Waals surface area (Å²) in [5, 5.41) is 13.1. The Morgan fingerprint density at radius 3 is 2.83 bits per heavy atom. The van der Waals surface area contributed by atoms with Gasteiger partial charge in [0.25, 0.3) is 0 Å². The zero-order valence-electron chi connectivity index (χ0n) is 11.1. The fourth-order valence-electron chi connectivity index (χ4n) is 3.05. The maximum Gasteiger partial charge on any atom is 0.123 e. The van der Waals surface area contributed by atoms with E-state index in [1.54, 1.807) is 0 Å². The first-order valence-corrected chi connectivity index (χ1v) is 6.82. The van der Waals surface area contributed by atoms with E-state index in [1.807, 2.05) is 0 Å². The number of phenolic OH excluding ortho intramolecular Hbond substituents is 1. The molecular weight excluding hydrogens is 229 g/mol. The van der Waals surface area contributed by atoms with Crippen molar-refractivity contribution in [1.29, 1.82) is 0 Å². The Kier molecular flexibility index (Phi) is 4.23. The summed E-state index contributed by atoms with van der Waals surface area (Å²) in [6.07, 6.45) is 3.67. The van der Waals surface area contributed by atoms with Crippen LogP contribution in [0.3, 0.4) is 0 Å². The van der Waals surface area contributed by atoms with Crippen molar-refractivity contribution in [3.8, 4) is 5.75 Å². The van der Waals surface area contributed by atoms with Gasteiger partial charge in [0, 0.05) is 18.2 Å². The number of aromatic hydroxyl groups is 1. The van der Waals surface area contributed by atoms with Gasteiger partial charge in [0.15, 0.2) is 0 Å². The Morgan fingerprint density at radius 1 is 1.39 bits per heavy atom. The monoisotopic (exact) mass is 251 g/mol. The van der Waals surface area contributed by atoms with Crippen molar-refractivity contribution < 1.29 is 9.50 Å². The molecule has 3 heteroatoms. The molecule has 1 fully saturated rings. The molecule has 0 bridgehead atoms. The van der Waals surface area contributed by atoms with Crippen LogP contribution in [0, 0.1) is 17.7 Å². The Morgan fingerprint density at radius 2 is 2.17 bits per heavy atom. The molecule has 0 aromatic heterocycles. The van der Waals surface area contributed by atoms with E-state index in [0.717, 1.165) is 5.92 Å². The van der Waals surface area contributed by atoms with Crippen LogP contribution in [0.4, 0.5) is 4.39 Å². The van der Waals surface area contributed by atoms with Crippen LogP contribution in [0.1, 0.15) is 38.7 Å². The van der Waals surface area contributed by atoms with E-state index in [0.29, 0.717) is 24.1 Å². The number of rotatable bonds is 4. The lowest BCUT2D eigenvalue weighted by molar-refractivity contribution is 0.342. The summed E-state index contributed by atoms with van der Waals surface area (Å²) < 4.78 is 13.1. The molecule has 1 saturated carbocycles. The van der Waals surface area contributed by atoms with Crippen LogP contribution < -0.4 is 5.32 Å². The third-order valence-corrected chi connectivity index (χ3v) is 4.35. The summed E-state index contributed by atoms with van der Waals surface area (Å²) in [5.41, 5.74) is 0.641. The van der Waals surface area contributed by atoms with E-state index in [9.17, 15) is 9.50 Å². The Bertz CT molecular complexity index is 407. The van der Waals surface area contributed by atoms with Crippen molar-refractivity contribution >= 4 is 0 Å². The molecule has 0 radical (unpaired) electrons. The molecule has 0 aliphatic heterocycles. The molecular formula is C15H22FNO. The number of nitrogens with one attached hydrogen (secondary N) is 1. The molecule has 3 atom stereocenters. The van der Waals surface area contributed by atoms with Crippen molar-refractivity contribution in [2.75, 3.05) is 0 Å². The van der Waals surface area contributed by atoms with Gasteiger partial charge >= 0.3 is 0 Å². The van der Waals surface area contributed by atoms with Gasteiger partial charge in [-0.1, -0.05) is 20.3 Å². The van der Waals surface area contributed by atoms with Crippen LogP contribution in [0.5, 0.6) is 5.75 Å². The second-order valence-electron chi connectivity index (χ2n) is 5.37. The molecule has 1 aliphatic rings. The summed E-state index contributed by atoms with van der Waals surface area (Å²) in [6.45, 7) is 5.06. The number of hydrogen-bond donors (Lipinski definition) is 2. The molecule has 0 amide bonds. The quantitative estimate of drug-likeness (QED) is 0.859. The minimum absolute atomic E-state index is 0.168. The topological polar surface area (TPSA) is 32.3 Å². The van der Waals surface area contributed by atoms with Gasteiger partial charge in [-0.05, 0) is 42.9 Å². The summed E-state index contributed by atoms with van der Waals surface area (Å²) in [5.74, 6) is 1.33. The first-order valence-electron chi connectivity index (χ1n) is 6.82. The molecule has 0 saturated heterocycles. The van der Waals surface area contributed by atoms with E-state index in [-0.39, 0.29) is 11.6 Å². The third kappa shape index (κ3) is 2.83. The first kappa shape index (κ1) is 13.3. The fourth-order valence-corrected chi connectivity index (χ4v) is 3.05. The zero-order chi connectivity index (χ0) is 13.1. The maximum atomic E-state index is 13.1. The van der Waals surface area contributed by atoms with Gasteiger partial charge in [0.2, 0.25) is 0 Å². The summed E-state index contributed by atoms with van der Waals surface area (Å²) in [4.78, 5) is 0. The predicted octanol–water partition coefficient (Wildman–Crippen LogP) is 3.45. The fraction of sp³-hybridized carbons (Fsp3) is 0.600. The van der Waals surface area contributed by atoms with Gasteiger partial charge in [-0.2, -0.15) is 0 Å². The highest BCUT2D eigenvalue weighted by Crippen LogP contribution is 2.34. The number of benzene rings is 1. The zero-order valence-corrected chi connectivity index (χ0v) is 11.1. The minimum Gasteiger partial charge on any atom is -0.508 e. The number of hydrogen-bond acceptors (Lipinski definition) is 2. The van der Waals surface area contributed by atoms with Crippen molar-refractivity contribution in [3.05, 3.63) is 29.6 Å². The average Bonchev–Trinajstić information content (AvgIpc) is 2.71.